The highest BCUT2D eigenvalue weighted by molar-refractivity contribution is 5.94. The molecular formula is C13H17FN2O3. The van der Waals surface area contributed by atoms with Crippen molar-refractivity contribution < 1.29 is 18.7 Å². The molecule has 1 aromatic carbocycles. The smallest absolute Gasteiger partial charge is 0.307 e. The highest BCUT2D eigenvalue weighted by atomic mass is 19.1. The van der Waals surface area contributed by atoms with Crippen molar-refractivity contribution >= 4 is 17.6 Å². The zero-order valence-electron chi connectivity index (χ0n) is 11.0. The number of carbonyl (C=O) groups is 2. The molecule has 104 valence electrons. The number of benzene rings is 1. The lowest BCUT2D eigenvalue weighted by molar-refractivity contribution is -0.142. The maximum absolute atomic E-state index is 13.6. The maximum atomic E-state index is 13.6. The van der Waals surface area contributed by atoms with Gasteiger partial charge in [0.1, 0.15) is 5.82 Å². The first kappa shape index (κ1) is 14.9. The van der Waals surface area contributed by atoms with Crippen LogP contribution in [-0.2, 0) is 9.53 Å². The fourth-order valence-corrected chi connectivity index (χ4v) is 1.49. The van der Waals surface area contributed by atoms with Gasteiger partial charge < -0.3 is 15.4 Å². The van der Waals surface area contributed by atoms with Crippen molar-refractivity contribution in [3.63, 3.8) is 0 Å². The van der Waals surface area contributed by atoms with Gasteiger partial charge in [0.25, 0.3) is 5.91 Å². The molecule has 1 rings (SSSR count). The average molecular weight is 268 g/mol. The molecule has 0 aliphatic rings. The number of rotatable bonds is 6. The Morgan fingerprint density at radius 2 is 2.11 bits per heavy atom. The van der Waals surface area contributed by atoms with Gasteiger partial charge in [-0.25, -0.2) is 4.39 Å². The van der Waals surface area contributed by atoms with Crippen molar-refractivity contribution in [2.24, 2.45) is 0 Å². The van der Waals surface area contributed by atoms with E-state index in [9.17, 15) is 14.0 Å². The van der Waals surface area contributed by atoms with E-state index in [0.29, 0.717) is 18.8 Å². The molecule has 6 heteroatoms. The first-order chi connectivity index (χ1) is 9.08. The summed E-state index contributed by atoms with van der Waals surface area (Å²) in [5.74, 6) is -1.39. The Labute approximate surface area is 111 Å². The molecule has 0 atom stereocenters. The lowest BCUT2D eigenvalue weighted by Crippen LogP contribution is -2.19. The summed E-state index contributed by atoms with van der Waals surface area (Å²) >= 11 is 0. The largest absolute Gasteiger partial charge is 0.466 e. The molecular weight excluding hydrogens is 251 g/mol. The van der Waals surface area contributed by atoms with E-state index in [4.69, 9.17) is 4.74 Å². The number of hydrogen-bond acceptors (Lipinski definition) is 4. The molecule has 0 heterocycles. The van der Waals surface area contributed by atoms with Crippen LogP contribution in [0.3, 0.4) is 0 Å². The minimum absolute atomic E-state index is 0.0153. The fourth-order valence-electron chi connectivity index (χ4n) is 1.49. The highest BCUT2D eigenvalue weighted by Crippen LogP contribution is 2.14. The van der Waals surface area contributed by atoms with Crippen LogP contribution in [-0.4, -0.2) is 32.1 Å². The summed E-state index contributed by atoms with van der Waals surface area (Å²) in [6.45, 7) is 2.42. The number of halogens is 1. The van der Waals surface area contributed by atoms with Crippen molar-refractivity contribution in [1.29, 1.82) is 0 Å². The number of amides is 1. The Kier molecular flexibility index (Phi) is 5.78. The molecule has 19 heavy (non-hydrogen) atoms. The third-order valence-corrected chi connectivity index (χ3v) is 2.40. The van der Waals surface area contributed by atoms with Crippen LogP contribution in [0.2, 0.25) is 0 Å². The molecule has 0 bridgehead atoms. The van der Waals surface area contributed by atoms with Gasteiger partial charge in [-0.15, -0.1) is 0 Å². The number of anilines is 1. The second kappa shape index (κ2) is 7.35. The SMILES string of the molecule is CCOC(=O)CCNc1ccc(C(=O)NC)c(F)c1. The predicted molar refractivity (Wildman–Crippen MR) is 69.5 cm³/mol. The van der Waals surface area contributed by atoms with Gasteiger partial charge in [-0.3, -0.25) is 9.59 Å². The van der Waals surface area contributed by atoms with Crippen molar-refractivity contribution in [2.45, 2.75) is 13.3 Å². The predicted octanol–water partition coefficient (Wildman–Crippen LogP) is 1.55. The van der Waals surface area contributed by atoms with E-state index in [1.165, 1.54) is 19.2 Å². The summed E-state index contributed by atoms with van der Waals surface area (Å²) in [6, 6.07) is 4.19. The van der Waals surface area contributed by atoms with Crippen molar-refractivity contribution in [1.82, 2.24) is 5.32 Å². The lowest BCUT2D eigenvalue weighted by atomic mass is 10.2. The van der Waals surface area contributed by atoms with Gasteiger partial charge in [-0.2, -0.15) is 0 Å². The third-order valence-electron chi connectivity index (χ3n) is 2.40. The normalized spacial score (nSPS) is 9.84. The summed E-state index contributed by atoms with van der Waals surface area (Å²) in [7, 11) is 1.44. The molecule has 5 nitrogen and oxygen atoms in total. The maximum Gasteiger partial charge on any atom is 0.307 e. The van der Waals surface area contributed by atoms with E-state index >= 15 is 0 Å². The Bertz CT molecular complexity index is 463. The number of ether oxygens (including phenoxy) is 1. The fraction of sp³-hybridized carbons (Fsp3) is 0.385. The van der Waals surface area contributed by atoms with Crippen molar-refractivity contribution in [3.05, 3.63) is 29.6 Å². The van der Waals surface area contributed by atoms with E-state index in [0.717, 1.165) is 0 Å². The van der Waals surface area contributed by atoms with Crippen LogP contribution in [0.15, 0.2) is 18.2 Å². The molecule has 0 aliphatic heterocycles. The van der Waals surface area contributed by atoms with Crippen LogP contribution >= 0.6 is 0 Å². The van der Waals surface area contributed by atoms with Gasteiger partial charge in [-0.05, 0) is 25.1 Å². The van der Waals surface area contributed by atoms with Gasteiger partial charge in [0.2, 0.25) is 0 Å². The standard InChI is InChI=1S/C13H17FN2O3/c1-3-19-12(17)6-7-16-9-4-5-10(11(14)8-9)13(18)15-2/h4-5,8,16H,3,6-7H2,1-2H3,(H,15,18). The summed E-state index contributed by atoms with van der Waals surface area (Å²) in [5, 5.41) is 5.24. The number of hydrogen-bond donors (Lipinski definition) is 2. The minimum atomic E-state index is -0.611. The van der Waals surface area contributed by atoms with Crippen molar-refractivity contribution in [3.8, 4) is 0 Å². The molecule has 0 aromatic heterocycles. The molecule has 2 N–H and O–H groups in total. The first-order valence-corrected chi connectivity index (χ1v) is 5.99. The van der Waals surface area contributed by atoms with Gasteiger partial charge in [0.15, 0.2) is 0 Å². The molecule has 0 aliphatic carbocycles. The van der Waals surface area contributed by atoms with Crippen LogP contribution in [0.25, 0.3) is 0 Å². The second-order valence-corrected chi connectivity index (χ2v) is 3.76. The van der Waals surface area contributed by atoms with Gasteiger partial charge >= 0.3 is 5.97 Å². The van der Waals surface area contributed by atoms with Crippen LogP contribution in [0.1, 0.15) is 23.7 Å². The zero-order chi connectivity index (χ0) is 14.3. The van der Waals surface area contributed by atoms with Crippen molar-refractivity contribution in [2.75, 3.05) is 25.5 Å². The molecule has 0 unspecified atom stereocenters. The van der Waals surface area contributed by atoms with Crippen LogP contribution < -0.4 is 10.6 Å². The lowest BCUT2D eigenvalue weighted by Gasteiger charge is -2.08. The highest BCUT2D eigenvalue weighted by Gasteiger charge is 2.10. The Balaban J connectivity index is 2.54. The van der Waals surface area contributed by atoms with Crippen LogP contribution in [0.5, 0.6) is 0 Å². The summed E-state index contributed by atoms with van der Waals surface area (Å²) in [5.41, 5.74) is 0.493. The molecule has 0 saturated carbocycles. The third kappa shape index (κ3) is 4.57. The average Bonchev–Trinajstić information content (AvgIpc) is 2.38. The quantitative estimate of drug-likeness (QED) is 0.768. The minimum Gasteiger partial charge on any atom is -0.466 e. The zero-order valence-corrected chi connectivity index (χ0v) is 11.0. The van der Waals surface area contributed by atoms with Crippen LogP contribution in [0.4, 0.5) is 10.1 Å². The molecule has 0 spiro atoms. The number of esters is 1. The first-order valence-electron chi connectivity index (χ1n) is 5.99. The number of carbonyl (C=O) groups excluding carboxylic acids is 2. The molecule has 0 radical (unpaired) electrons. The molecule has 0 saturated heterocycles. The summed E-state index contributed by atoms with van der Waals surface area (Å²) < 4.78 is 18.4. The second-order valence-electron chi connectivity index (χ2n) is 3.76. The van der Waals surface area contributed by atoms with E-state index < -0.39 is 11.7 Å². The molecule has 0 fully saturated rings. The van der Waals surface area contributed by atoms with Gasteiger partial charge in [0, 0.05) is 19.3 Å². The Hall–Kier alpha value is -2.11. The molecule has 1 aromatic rings. The summed E-state index contributed by atoms with van der Waals surface area (Å²) in [4.78, 5) is 22.4. The van der Waals surface area contributed by atoms with E-state index in [1.54, 1.807) is 13.0 Å². The summed E-state index contributed by atoms with van der Waals surface area (Å²) in [6.07, 6.45) is 0.201. The monoisotopic (exact) mass is 268 g/mol. The van der Waals surface area contributed by atoms with E-state index in [-0.39, 0.29) is 18.0 Å². The molecule has 1 amide bonds. The van der Waals surface area contributed by atoms with E-state index in [1.807, 2.05) is 0 Å². The van der Waals surface area contributed by atoms with Gasteiger partial charge in [0.05, 0.1) is 18.6 Å². The van der Waals surface area contributed by atoms with Crippen LogP contribution in [0, 0.1) is 5.82 Å². The Morgan fingerprint density at radius 1 is 1.37 bits per heavy atom. The number of nitrogens with one attached hydrogen (secondary N) is 2. The topological polar surface area (TPSA) is 67.4 Å². The van der Waals surface area contributed by atoms with E-state index in [2.05, 4.69) is 10.6 Å². The Morgan fingerprint density at radius 3 is 2.68 bits per heavy atom. The van der Waals surface area contributed by atoms with Gasteiger partial charge in [-0.1, -0.05) is 0 Å².